The first kappa shape index (κ1) is 10.3. The Bertz CT molecular complexity index is 497. The zero-order chi connectivity index (χ0) is 11.4. The van der Waals surface area contributed by atoms with Crippen molar-refractivity contribution in [2.24, 2.45) is 0 Å². The number of hydrogen-bond acceptors (Lipinski definition) is 3. The zero-order valence-electron chi connectivity index (χ0n) is 9.05. The lowest BCUT2D eigenvalue weighted by Gasteiger charge is -2.18. The molecule has 0 amide bonds. The third kappa shape index (κ3) is 2.23. The molecule has 1 aromatic carbocycles. The molecule has 0 unspecified atom stereocenters. The Kier molecular flexibility index (Phi) is 2.93. The van der Waals surface area contributed by atoms with Gasteiger partial charge in [-0.1, -0.05) is 6.07 Å². The number of rotatable bonds is 3. The van der Waals surface area contributed by atoms with Crippen molar-refractivity contribution in [3.63, 3.8) is 0 Å². The lowest BCUT2D eigenvalue weighted by molar-refractivity contribution is 0.563. The van der Waals surface area contributed by atoms with E-state index in [4.69, 9.17) is 9.68 Å². The van der Waals surface area contributed by atoms with E-state index in [1.807, 2.05) is 31.3 Å². The summed E-state index contributed by atoms with van der Waals surface area (Å²) >= 11 is 0. The molecule has 0 saturated heterocycles. The van der Waals surface area contributed by atoms with E-state index < -0.39 is 0 Å². The normalized spacial score (nSPS) is 9.75. The molecule has 1 aromatic heterocycles. The molecule has 0 aliphatic rings. The highest BCUT2D eigenvalue weighted by Gasteiger charge is 2.03. The van der Waals surface area contributed by atoms with Gasteiger partial charge in [0.15, 0.2) is 0 Å². The van der Waals surface area contributed by atoms with Crippen molar-refractivity contribution in [1.29, 1.82) is 5.26 Å². The summed E-state index contributed by atoms with van der Waals surface area (Å²) in [5, 5.41) is 8.82. The number of nitrogens with zero attached hydrogens (tertiary/aromatic N) is 2. The second kappa shape index (κ2) is 4.54. The van der Waals surface area contributed by atoms with Gasteiger partial charge in [-0.05, 0) is 24.3 Å². The maximum absolute atomic E-state index is 8.82. The molecule has 2 rings (SSSR count). The van der Waals surface area contributed by atoms with Crippen LogP contribution in [0.5, 0.6) is 0 Å². The van der Waals surface area contributed by atoms with Crippen LogP contribution < -0.4 is 4.90 Å². The van der Waals surface area contributed by atoms with Crippen LogP contribution in [-0.2, 0) is 6.54 Å². The van der Waals surface area contributed by atoms with Crippen LogP contribution in [0.1, 0.15) is 11.1 Å². The van der Waals surface area contributed by atoms with Crippen molar-refractivity contribution >= 4 is 5.69 Å². The molecule has 0 N–H and O–H groups in total. The Morgan fingerprint density at radius 1 is 1.38 bits per heavy atom. The standard InChI is InChI=1S/C13H12N2O/c1-15(9-12-5-6-16-10-12)13-4-2-3-11(7-13)8-14/h2-7,10H,9H2,1H3. The van der Waals surface area contributed by atoms with Gasteiger partial charge in [-0.3, -0.25) is 0 Å². The molecule has 0 spiro atoms. The van der Waals surface area contributed by atoms with Crippen LogP contribution in [-0.4, -0.2) is 7.05 Å². The molecule has 1 heterocycles. The highest BCUT2D eigenvalue weighted by molar-refractivity contribution is 5.51. The van der Waals surface area contributed by atoms with Gasteiger partial charge in [0.25, 0.3) is 0 Å². The van der Waals surface area contributed by atoms with Crippen LogP contribution in [0.15, 0.2) is 47.3 Å². The molecule has 0 aliphatic carbocycles. The van der Waals surface area contributed by atoms with Gasteiger partial charge in [-0.25, -0.2) is 0 Å². The van der Waals surface area contributed by atoms with Gasteiger partial charge in [0.05, 0.1) is 24.2 Å². The first-order valence-corrected chi connectivity index (χ1v) is 5.02. The minimum atomic E-state index is 0.677. The molecule has 0 radical (unpaired) electrons. The maximum atomic E-state index is 8.82. The summed E-state index contributed by atoms with van der Waals surface area (Å²) < 4.78 is 5.02. The largest absolute Gasteiger partial charge is 0.472 e. The summed E-state index contributed by atoms with van der Waals surface area (Å²) in [5.41, 5.74) is 2.82. The second-order valence-corrected chi connectivity index (χ2v) is 3.65. The topological polar surface area (TPSA) is 40.2 Å². The van der Waals surface area contributed by atoms with Crippen molar-refractivity contribution in [3.8, 4) is 6.07 Å². The van der Waals surface area contributed by atoms with Crippen LogP contribution in [0.4, 0.5) is 5.69 Å². The molecule has 0 atom stereocenters. The van der Waals surface area contributed by atoms with E-state index in [0.717, 1.165) is 17.8 Å². The van der Waals surface area contributed by atoms with E-state index in [9.17, 15) is 0 Å². The van der Waals surface area contributed by atoms with Gasteiger partial charge >= 0.3 is 0 Å². The van der Waals surface area contributed by atoms with Gasteiger partial charge in [-0.2, -0.15) is 5.26 Å². The Hall–Kier alpha value is -2.21. The first-order chi connectivity index (χ1) is 7.79. The molecule has 16 heavy (non-hydrogen) atoms. The minimum Gasteiger partial charge on any atom is -0.472 e. The Morgan fingerprint density at radius 2 is 2.25 bits per heavy atom. The summed E-state index contributed by atoms with van der Waals surface area (Å²) in [6, 6.07) is 11.6. The fourth-order valence-corrected chi connectivity index (χ4v) is 1.56. The van der Waals surface area contributed by atoms with Crippen molar-refractivity contribution in [2.45, 2.75) is 6.54 Å². The van der Waals surface area contributed by atoms with Crippen LogP contribution in [0.2, 0.25) is 0 Å². The lowest BCUT2D eigenvalue weighted by Crippen LogP contribution is -2.15. The smallest absolute Gasteiger partial charge is 0.0992 e. The molecule has 0 fully saturated rings. The summed E-state index contributed by atoms with van der Waals surface area (Å²) in [6.07, 6.45) is 3.39. The zero-order valence-corrected chi connectivity index (χ0v) is 9.05. The van der Waals surface area contributed by atoms with Gasteiger partial charge in [0, 0.05) is 24.8 Å². The van der Waals surface area contributed by atoms with Crippen molar-refractivity contribution in [3.05, 3.63) is 54.0 Å². The molecule has 3 nitrogen and oxygen atoms in total. The predicted molar refractivity (Wildman–Crippen MR) is 62.0 cm³/mol. The Labute approximate surface area is 94.5 Å². The quantitative estimate of drug-likeness (QED) is 0.785. The second-order valence-electron chi connectivity index (χ2n) is 3.65. The van der Waals surface area contributed by atoms with Gasteiger partial charge in [0.2, 0.25) is 0 Å². The van der Waals surface area contributed by atoms with E-state index >= 15 is 0 Å². The number of benzene rings is 1. The number of anilines is 1. The van der Waals surface area contributed by atoms with E-state index in [0.29, 0.717) is 5.56 Å². The van der Waals surface area contributed by atoms with Crippen LogP contribution in [0.25, 0.3) is 0 Å². The minimum absolute atomic E-state index is 0.677. The number of furan rings is 1. The van der Waals surface area contributed by atoms with E-state index in [2.05, 4.69) is 11.0 Å². The van der Waals surface area contributed by atoms with Gasteiger partial charge in [-0.15, -0.1) is 0 Å². The van der Waals surface area contributed by atoms with Gasteiger partial charge < -0.3 is 9.32 Å². The van der Waals surface area contributed by atoms with E-state index in [1.54, 1.807) is 18.6 Å². The average molecular weight is 212 g/mol. The third-order valence-electron chi connectivity index (χ3n) is 2.42. The fourth-order valence-electron chi connectivity index (χ4n) is 1.56. The molecule has 0 aliphatic heterocycles. The van der Waals surface area contributed by atoms with E-state index in [-0.39, 0.29) is 0 Å². The Balaban J connectivity index is 2.15. The number of hydrogen-bond donors (Lipinski definition) is 0. The third-order valence-corrected chi connectivity index (χ3v) is 2.42. The van der Waals surface area contributed by atoms with Crippen LogP contribution in [0.3, 0.4) is 0 Å². The summed E-state index contributed by atoms with van der Waals surface area (Å²) in [4.78, 5) is 2.08. The molecule has 0 bridgehead atoms. The van der Waals surface area contributed by atoms with Gasteiger partial charge in [0.1, 0.15) is 0 Å². The van der Waals surface area contributed by atoms with Crippen molar-refractivity contribution < 1.29 is 4.42 Å². The predicted octanol–water partition coefficient (Wildman–Crippen LogP) is 2.79. The van der Waals surface area contributed by atoms with Crippen molar-refractivity contribution in [2.75, 3.05) is 11.9 Å². The molecule has 0 saturated carbocycles. The monoisotopic (exact) mass is 212 g/mol. The SMILES string of the molecule is CN(Cc1ccoc1)c1cccc(C#N)c1. The molecular formula is C13H12N2O. The molecule has 2 aromatic rings. The molecular weight excluding hydrogens is 200 g/mol. The lowest BCUT2D eigenvalue weighted by atomic mass is 10.2. The molecule has 3 heteroatoms. The number of nitriles is 1. The summed E-state index contributed by atoms with van der Waals surface area (Å²) in [5.74, 6) is 0. The van der Waals surface area contributed by atoms with E-state index in [1.165, 1.54) is 0 Å². The highest BCUT2D eigenvalue weighted by atomic mass is 16.3. The molecule has 80 valence electrons. The van der Waals surface area contributed by atoms with Crippen LogP contribution >= 0.6 is 0 Å². The van der Waals surface area contributed by atoms with Crippen LogP contribution in [0, 0.1) is 11.3 Å². The average Bonchev–Trinajstić information content (AvgIpc) is 2.82. The van der Waals surface area contributed by atoms with Crippen molar-refractivity contribution in [1.82, 2.24) is 0 Å². The fraction of sp³-hybridized carbons (Fsp3) is 0.154. The Morgan fingerprint density at radius 3 is 2.94 bits per heavy atom. The first-order valence-electron chi connectivity index (χ1n) is 5.02. The highest BCUT2D eigenvalue weighted by Crippen LogP contribution is 2.16. The maximum Gasteiger partial charge on any atom is 0.0992 e. The summed E-state index contributed by atoms with van der Waals surface area (Å²) in [7, 11) is 1.99. The summed E-state index contributed by atoms with van der Waals surface area (Å²) in [6.45, 7) is 0.769.